The molecule has 4 nitrogen and oxygen atoms in total. The van der Waals surface area contributed by atoms with Crippen LogP contribution >= 0.6 is 7.60 Å². The third-order valence-corrected chi connectivity index (χ3v) is 4.42. The van der Waals surface area contributed by atoms with Crippen molar-refractivity contribution in [1.82, 2.24) is 0 Å². The van der Waals surface area contributed by atoms with Crippen molar-refractivity contribution in [2.24, 2.45) is 0 Å². The minimum atomic E-state index is -4.61. The molecule has 1 aromatic carbocycles. The van der Waals surface area contributed by atoms with Crippen LogP contribution in [0.2, 0.25) is 0 Å². The molecule has 0 heterocycles. The maximum atomic E-state index is 11.2. The molecule has 0 atom stereocenters. The molecule has 1 N–H and O–H groups in total. The molecule has 0 fully saturated rings. The van der Waals surface area contributed by atoms with Crippen LogP contribution < -0.4 is 68.9 Å². The van der Waals surface area contributed by atoms with Gasteiger partial charge in [-0.05, 0) is 39.5 Å². The molecule has 24 heavy (non-hydrogen) atoms. The van der Waals surface area contributed by atoms with Gasteiger partial charge in [0.05, 0.1) is 0 Å². The Kier molecular flexibility index (Phi) is 11.5. The molecular formula is C17H27Na2O4P. The molecule has 0 aliphatic heterocycles. The Morgan fingerprint density at radius 1 is 0.958 bits per heavy atom. The quantitative estimate of drug-likeness (QED) is 0.435. The second kappa shape index (κ2) is 10.0. The summed E-state index contributed by atoms with van der Waals surface area (Å²) >= 11 is 0. The summed E-state index contributed by atoms with van der Waals surface area (Å²) in [6, 6.07) is 3.62. The summed E-state index contributed by atoms with van der Waals surface area (Å²) in [6.07, 6.45) is 0.0461. The van der Waals surface area contributed by atoms with Crippen LogP contribution in [-0.2, 0) is 28.0 Å². The van der Waals surface area contributed by atoms with Gasteiger partial charge in [0, 0.05) is 12.8 Å². The summed E-state index contributed by atoms with van der Waals surface area (Å²) in [5.74, 6) is 0. The normalized spacial score (nSPS) is 12.4. The third kappa shape index (κ3) is 8.35. The summed E-state index contributed by atoms with van der Waals surface area (Å²) in [5.41, 5.74) is 3.18. The largest absolute Gasteiger partial charge is 1.00 e. The third-order valence-electron chi connectivity index (χ3n) is 3.66. The standard InChI is InChI=1S/C17H29O4P.2Na/c1-16(2,3)14-9-12(11-22(19,20)21)10-15(17(4,5)6)13(14)7-8-18;;/h9-10,18H,7-8,11H2,1-6H3,(H2,19,20,21);;/q;2*+1/p-2. The van der Waals surface area contributed by atoms with Gasteiger partial charge in [-0.3, -0.25) is 0 Å². The van der Waals surface area contributed by atoms with E-state index in [1.807, 2.05) is 53.7 Å². The van der Waals surface area contributed by atoms with Crippen molar-refractivity contribution in [2.45, 2.75) is 65.0 Å². The average molecular weight is 372 g/mol. The fraction of sp³-hybridized carbons (Fsp3) is 0.647. The Labute approximate surface area is 190 Å². The molecule has 0 aliphatic carbocycles. The van der Waals surface area contributed by atoms with Gasteiger partial charge < -0.3 is 19.5 Å². The molecule has 0 aromatic heterocycles. The van der Waals surface area contributed by atoms with Crippen molar-refractivity contribution in [3.05, 3.63) is 34.4 Å². The van der Waals surface area contributed by atoms with E-state index >= 15 is 0 Å². The molecule has 0 amide bonds. The summed E-state index contributed by atoms with van der Waals surface area (Å²) in [7, 11) is -4.61. The molecule has 1 aromatic rings. The van der Waals surface area contributed by atoms with Crippen molar-refractivity contribution in [2.75, 3.05) is 6.61 Å². The monoisotopic (exact) mass is 372 g/mol. The molecular weight excluding hydrogens is 345 g/mol. The molecule has 0 unspecified atom stereocenters. The minimum Gasteiger partial charge on any atom is -0.810 e. The van der Waals surface area contributed by atoms with Gasteiger partial charge in [0.1, 0.15) is 0 Å². The predicted molar refractivity (Wildman–Crippen MR) is 85.9 cm³/mol. The molecule has 0 radical (unpaired) electrons. The van der Waals surface area contributed by atoms with Crippen LogP contribution in [0.5, 0.6) is 0 Å². The number of benzene rings is 1. The second-order valence-corrected chi connectivity index (χ2v) is 9.45. The van der Waals surface area contributed by atoms with Crippen molar-refractivity contribution in [1.29, 1.82) is 0 Å². The smallest absolute Gasteiger partial charge is 0.810 e. The molecule has 0 spiro atoms. The van der Waals surface area contributed by atoms with Gasteiger partial charge >= 0.3 is 59.1 Å². The number of aliphatic hydroxyl groups excluding tert-OH is 1. The molecule has 0 aliphatic rings. The van der Waals surface area contributed by atoms with Crippen LogP contribution in [0.3, 0.4) is 0 Å². The fourth-order valence-electron chi connectivity index (χ4n) is 2.77. The van der Waals surface area contributed by atoms with E-state index in [1.165, 1.54) is 0 Å². The first-order valence-electron chi connectivity index (χ1n) is 7.54. The van der Waals surface area contributed by atoms with E-state index in [2.05, 4.69) is 0 Å². The van der Waals surface area contributed by atoms with Gasteiger partial charge in [0.15, 0.2) is 0 Å². The van der Waals surface area contributed by atoms with Gasteiger partial charge in [-0.2, -0.15) is 0 Å². The van der Waals surface area contributed by atoms with Crippen molar-refractivity contribution < 1.29 is 78.6 Å². The average Bonchev–Trinajstić information content (AvgIpc) is 2.26. The summed E-state index contributed by atoms with van der Waals surface area (Å²) in [5, 5.41) is 9.41. The summed E-state index contributed by atoms with van der Waals surface area (Å²) in [4.78, 5) is 22.3. The fourth-order valence-corrected chi connectivity index (χ4v) is 3.40. The number of hydrogen-bond acceptors (Lipinski definition) is 4. The Bertz CT molecular complexity index is 548. The SMILES string of the molecule is CC(C)(C)c1cc(CP(=O)([O-])[O-])cc(C(C)(C)C)c1CCO.[Na+].[Na+]. The molecule has 0 saturated heterocycles. The zero-order valence-corrected chi connectivity index (χ0v) is 21.3. The number of rotatable bonds is 4. The van der Waals surface area contributed by atoms with E-state index < -0.39 is 13.8 Å². The number of hydrogen-bond donors (Lipinski definition) is 1. The second-order valence-electron chi connectivity index (χ2n) is 7.91. The van der Waals surface area contributed by atoms with Crippen molar-refractivity contribution in [3.63, 3.8) is 0 Å². The van der Waals surface area contributed by atoms with Gasteiger partial charge in [0.2, 0.25) is 0 Å². The van der Waals surface area contributed by atoms with Crippen LogP contribution in [0, 0.1) is 0 Å². The first kappa shape index (κ1) is 27.5. The predicted octanol–water partition coefficient (Wildman–Crippen LogP) is -3.76. The van der Waals surface area contributed by atoms with E-state index in [0.717, 1.165) is 16.7 Å². The van der Waals surface area contributed by atoms with Gasteiger partial charge in [-0.15, -0.1) is 0 Å². The molecule has 7 heteroatoms. The zero-order chi connectivity index (χ0) is 17.3. The molecule has 126 valence electrons. The van der Waals surface area contributed by atoms with Crippen molar-refractivity contribution >= 4 is 7.60 Å². The Hall–Kier alpha value is 1.33. The summed E-state index contributed by atoms with van der Waals surface area (Å²) in [6.45, 7) is 12.3. The van der Waals surface area contributed by atoms with Crippen LogP contribution in [0.25, 0.3) is 0 Å². The van der Waals surface area contributed by atoms with Crippen LogP contribution in [-0.4, -0.2) is 11.7 Å². The minimum absolute atomic E-state index is 0. The first-order valence-corrected chi connectivity index (χ1v) is 9.27. The van der Waals surface area contributed by atoms with E-state index in [9.17, 15) is 19.5 Å². The zero-order valence-electron chi connectivity index (χ0n) is 16.4. The van der Waals surface area contributed by atoms with Gasteiger partial charge in [-0.1, -0.05) is 61.3 Å². The molecule has 0 bridgehead atoms. The first-order chi connectivity index (χ1) is 9.75. The van der Waals surface area contributed by atoms with Crippen LogP contribution in [0.1, 0.15) is 63.8 Å². The van der Waals surface area contributed by atoms with Crippen LogP contribution in [0.15, 0.2) is 12.1 Å². The van der Waals surface area contributed by atoms with Gasteiger partial charge in [0.25, 0.3) is 0 Å². The Morgan fingerprint density at radius 3 is 1.58 bits per heavy atom. The Balaban J connectivity index is 0. The molecule has 0 saturated carbocycles. The van der Waals surface area contributed by atoms with Crippen molar-refractivity contribution in [3.8, 4) is 0 Å². The summed E-state index contributed by atoms with van der Waals surface area (Å²) < 4.78 is 11.2. The van der Waals surface area contributed by atoms with E-state index in [0.29, 0.717) is 12.0 Å². The maximum Gasteiger partial charge on any atom is 1.00 e. The van der Waals surface area contributed by atoms with Crippen LogP contribution in [0.4, 0.5) is 0 Å². The van der Waals surface area contributed by atoms with Gasteiger partial charge in [-0.25, -0.2) is 0 Å². The van der Waals surface area contributed by atoms with E-state index in [1.54, 1.807) is 0 Å². The topological polar surface area (TPSA) is 83.4 Å². The maximum absolute atomic E-state index is 11.2. The number of aliphatic hydroxyl groups is 1. The Morgan fingerprint density at radius 2 is 1.33 bits per heavy atom. The van der Waals surface area contributed by atoms with E-state index in [-0.39, 0.29) is 76.6 Å². The van der Waals surface area contributed by atoms with E-state index in [4.69, 9.17) is 0 Å². The molecule has 1 rings (SSSR count).